The van der Waals surface area contributed by atoms with Gasteiger partial charge in [0.05, 0.1) is 6.54 Å². The largest absolute Gasteiger partial charge is 0.412 e. The summed E-state index contributed by atoms with van der Waals surface area (Å²) in [6.45, 7) is 1.15. The Bertz CT molecular complexity index is 498. The zero-order chi connectivity index (χ0) is 14.9. The average molecular weight is 288 g/mol. The third-order valence-electron chi connectivity index (χ3n) is 3.79. The number of benzene rings is 1. The zero-order valence-electron chi connectivity index (χ0n) is 12.0. The molecule has 0 radical (unpaired) electrons. The Balaban J connectivity index is 1.72. The van der Waals surface area contributed by atoms with Gasteiger partial charge in [0.25, 0.3) is 0 Å². The topological polar surface area (TPSA) is 67.8 Å². The second-order valence-corrected chi connectivity index (χ2v) is 5.41. The molecule has 1 aliphatic rings. The van der Waals surface area contributed by atoms with Gasteiger partial charge in [-0.3, -0.25) is 0 Å². The molecule has 1 N–H and O–H groups in total. The number of carbonyl (C=O) groups excluding carboxylic acids is 2. The third-order valence-corrected chi connectivity index (χ3v) is 3.79. The van der Waals surface area contributed by atoms with Crippen LogP contribution in [-0.4, -0.2) is 25.3 Å². The van der Waals surface area contributed by atoms with Gasteiger partial charge in [-0.2, -0.15) is 0 Å². The molecule has 5 nitrogen and oxygen atoms in total. The predicted molar refractivity (Wildman–Crippen MR) is 78.9 cm³/mol. The van der Waals surface area contributed by atoms with Gasteiger partial charge in [0.15, 0.2) is 0 Å². The maximum atomic E-state index is 11.7. The van der Waals surface area contributed by atoms with E-state index >= 15 is 0 Å². The average Bonchev–Trinajstić information content (AvgIpc) is 2.52. The van der Waals surface area contributed by atoms with Crippen LogP contribution in [-0.2, 0) is 4.79 Å². The Hall–Kier alpha value is -2.13. The summed E-state index contributed by atoms with van der Waals surface area (Å²) in [6.07, 6.45) is 5.45. The first-order valence-electron chi connectivity index (χ1n) is 7.32. The van der Waals surface area contributed by atoms with Crippen molar-refractivity contribution >= 4 is 12.2 Å². The van der Waals surface area contributed by atoms with E-state index in [1.165, 1.54) is 0 Å². The van der Waals surface area contributed by atoms with Gasteiger partial charge in [0.2, 0.25) is 6.08 Å². The van der Waals surface area contributed by atoms with E-state index in [-0.39, 0.29) is 0 Å². The summed E-state index contributed by atoms with van der Waals surface area (Å²) in [5, 5.41) is 2.81. The molecule has 1 fully saturated rings. The van der Waals surface area contributed by atoms with Gasteiger partial charge in [0.1, 0.15) is 5.75 Å². The minimum absolute atomic E-state index is 0.422. The van der Waals surface area contributed by atoms with E-state index in [2.05, 4.69) is 10.3 Å². The van der Waals surface area contributed by atoms with Gasteiger partial charge in [-0.25, -0.2) is 14.6 Å². The van der Waals surface area contributed by atoms with Gasteiger partial charge >= 0.3 is 6.09 Å². The van der Waals surface area contributed by atoms with Crippen molar-refractivity contribution < 1.29 is 14.3 Å². The molecule has 1 saturated carbocycles. The lowest BCUT2D eigenvalue weighted by Gasteiger charge is -2.27. The van der Waals surface area contributed by atoms with E-state index in [1.54, 1.807) is 18.2 Å². The summed E-state index contributed by atoms with van der Waals surface area (Å²) in [4.78, 5) is 25.5. The molecule has 0 aliphatic heterocycles. The second kappa shape index (κ2) is 8.22. The standard InChI is InChI=1S/C16H20N2O3/c19-12-17-10-13-5-4-6-14(9-13)11-18-16(20)21-15-7-2-1-3-8-15/h1-3,7-8,13-14H,4-6,9-11H2,(H,18,20). The predicted octanol–water partition coefficient (Wildman–Crippen LogP) is 2.92. The Morgan fingerprint density at radius 3 is 2.81 bits per heavy atom. The number of amides is 1. The fourth-order valence-electron chi connectivity index (χ4n) is 2.78. The van der Waals surface area contributed by atoms with Crippen molar-refractivity contribution in [1.29, 1.82) is 0 Å². The van der Waals surface area contributed by atoms with Crippen molar-refractivity contribution in [3.05, 3.63) is 30.3 Å². The van der Waals surface area contributed by atoms with Crippen molar-refractivity contribution in [3.63, 3.8) is 0 Å². The molecule has 2 unspecified atom stereocenters. The van der Waals surface area contributed by atoms with Crippen molar-refractivity contribution in [3.8, 4) is 5.75 Å². The number of isocyanates is 1. The highest BCUT2D eigenvalue weighted by molar-refractivity contribution is 5.70. The van der Waals surface area contributed by atoms with Crippen LogP contribution in [0.25, 0.3) is 0 Å². The van der Waals surface area contributed by atoms with Gasteiger partial charge in [-0.05, 0) is 43.2 Å². The quantitative estimate of drug-likeness (QED) is 0.669. The first-order valence-corrected chi connectivity index (χ1v) is 7.32. The first-order chi connectivity index (χ1) is 10.3. The SMILES string of the molecule is O=C=NCC1CCCC(CNC(=O)Oc2ccccc2)C1. The normalized spacial score (nSPS) is 21.1. The van der Waals surface area contributed by atoms with Gasteiger partial charge in [-0.15, -0.1) is 0 Å². The Labute approximate surface area is 124 Å². The molecule has 2 atom stereocenters. The molecule has 1 aromatic carbocycles. The van der Waals surface area contributed by atoms with Crippen LogP contribution in [0, 0.1) is 11.8 Å². The van der Waals surface area contributed by atoms with E-state index in [0.29, 0.717) is 30.7 Å². The lowest BCUT2D eigenvalue weighted by atomic mass is 9.81. The lowest BCUT2D eigenvalue weighted by molar-refractivity contribution is 0.193. The van der Waals surface area contributed by atoms with Crippen LogP contribution in [0.4, 0.5) is 4.79 Å². The van der Waals surface area contributed by atoms with E-state index in [1.807, 2.05) is 18.2 Å². The molecule has 0 heterocycles. The molecule has 1 aromatic rings. The molecular formula is C16H20N2O3. The smallest absolute Gasteiger partial charge is 0.410 e. The van der Waals surface area contributed by atoms with Gasteiger partial charge in [-0.1, -0.05) is 24.6 Å². The van der Waals surface area contributed by atoms with Crippen molar-refractivity contribution in [2.45, 2.75) is 25.7 Å². The monoisotopic (exact) mass is 288 g/mol. The van der Waals surface area contributed by atoms with Crippen molar-refractivity contribution in [2.24, 2.45) is 16.8 Å². The van der Waals surface area contributed by atoms with Gasteiger partial charge < -0.3 is 10.1 Å². The molecule has 1 aliphatic carbocycles. The van der Waals surface area contributed by atoms with E-state index in [9.17, 15) is 9.59 Å². The number of hydrogen-bond acceptors (Lipinski definition) is 4. The summed E-state index contributed by atoms with van der Waals surface area (Å²) in [5.41, 5.74) is 0. The molecular weight excluding hydrogens is 268 g/mol. The number of nitrogens with zero attached hydrogens (tertiary/aromatic N) is 1. The van der Waals surface area contributed by atoms with E-state index in [4.69, 9.17) is 4.74 Å². The number of aliphatic imine (C=N–C) groups is 1. The number of carbonyl (C=O) groups is 1. The summed E-state index contributed by atoms with van der Waals surface area (Å²) < 4.78 is 5.18. The van der Waals surface area contributed by atoms with Crippen LogP contribution in [0.1, 0.15) is 25.7 Å². The van der Waals surface area contributed by atoms with Crippen molar-refractivity contribution in [2.75, 3.05) is 13.1 Å². The molecule has 0 aromatic heterocycles. The molecule has 0 bridgehead atoms. The van der Waals surface area contributed by atoms with Crippen molar-refractivity contribution in [1.82, 2.24) is 5.32 Å². The highest BCUT2D eigenvalue weighted by Gasteiger charge is 2.22. The minimum Gasteiger partial charge on any atom is -0.410 e. The van der Waals surface area contributed by atoms with Crippen LogP contribution in [0.3, 0.4) is 0 Å². The number of para-hydroxylation sites is 1. The van der Waals surface area contributed by atoms with E-state index in [0.717, 1.165) is 25.7 Å². The maximum absolute atomic E-state index is 11.7. The third kappa shape index (κ3) is 5.40. The zero-order valence-corrected chi connectivity index (χ0v) is 12.0. The number of rotatable bonds is 5. The molecule has 1 amide bonds. The summed E-state index contributed by atoms with van der Waals surface area (Å²) >= 11 is 0. The number of nitrogens with one attached hydrogen (secondary N) is 1. The highest BCUT2D eigenvalue weighted by atomic mass is 16.6. The van der Waals surface area contributed by atoms with E-state index < -0.39 is 6.09 Å². The Kier molecular flexibility index (Phi) is 5.98. The molecule has 112 valence electrons. The van der Waals surface area contributed by atoms with Crippen LogP contribution >= 0.6 is 0 Å². The maximum Gasteiger partial charge on any atom is 0.412 e. The van der Waals surface area contributed by atoms with Gasteiger partial charge in [0, 0.05) is 6.54 Å². The summed E-state index contributed by atoms with van der Waals surface area (Å²) in [6, 6.07) is 9.00. The number of hydrogen-bond donors (Lipinski definition) is 1. The highest BCUT2D eigenvalue weighted by Crippen LogP contribution is 2.28. The molecule has 5 heteroatoms. The summed E-state index contributed by atoms with van der Waals surface area (Å²) in [7, 11) is 0. The molecule has 2 rings (SSSR count). The lowest BCUT2D eigenvalue weighted by Crippen LogP contribution is -2.34. The molecule has 0 saturated heterocycles. The fourth-order valence-corrected chi connectivity index (χ4v) is 2.78. The molecule has 0 spiro atoms. The summed E-state index contributed by atoms with van der Waals surface area (Å²) in [5.74, 6) is 1.39. The Morgan fingerprint density at radius 1 is 1.29 bits per heavy atom. The van der Waals surface area contributed by atoms with Crippen LogP contribution < -0.4 is 10.1 Å². The second-order valence-electron chi connectivity index (χ2n) is 5.41. The molecule has 21 heavy (non-hydrogen) atoms. The minimum atomic E-state index is -0.422. The number of ether oxygens (including phenoxy) is 1. The van der Waals surface area contributed by atoms with Crippen LogP contribution in [0.5, 0.6) is 5.75 Å². The Morgan fingerprint density at radius 2 is 2.05 bits per heavy atom. The van der Waals surface area contributed by atoms with Crippen LogP contribution in [0.15, 0.2) is 35.3 Å². The first kappa shape index (κ1) is 15.3. The van der Waals surface area contributed by atoms with Crippen LogP contribution in [0.2, 0.25) is 0 Å². The fraction of sp³-hybridized carbons (Fsp3) is 0.500.